The van der Waals surface area contributed by atoms with Gasteiger partial charge in [0.2, 0.25) is 0 Å². The van der Waals surface area contributed by atoms with Crippen LogP contribution in [0.3, 0.4) is 0 Å². The Bertz CT molecular complexity index is 778. The van der Waals surface area contributed by atoms with Crippen LogP contribution in [0.5, 0.6) is 5.75 Å². The number of halogens is 1. The Morgan fingerprint density at radius 2 is 1.92 bits per heavy atom. The molecule has 2 aliphatic rings. The molecule has 0 radical (unpaired) electrons. The molecule has 2 aromatic rings. The molecule has 0 atom stereocenters. The van der Waals surface area contributed by atoms with Gasteiger partial charge in [-0.3, -0.25) is 9.69 Å². The van der Waals surface area contributed by atoms with Crippen molar-refractivity contribution >= 4 is 5.78 Å². The van der Waals surface area contributed by atoms with Crippen LogP contribution in [0, 0.1) is 5.82 Å². The average Bonchev–Trinajstić information content (AvgIpc) is 3.26. The number of aromatic nitrogens is 1. The monoisotopic (exact) mass is 342 g/mol. The molecule has 0 unspecified atom stereocenters. The highest BCUT2D eigenvalue weighted by molar-refractivity contribution is 5.98. The maximum absolute atomic E-state index is 14.4. The van der Waals surface area contributed by atoms with Crippen LogP contribution in [-0.4, -0.2) is 41.5 Å². The molecule has 1 saturated heterocycles. The third-order valence-corrected chi connectivity index (χ3v) is 5.17. The van der Waals surface area contributed by atoms with Gasteiger partial charge in [-0.2, -0.15) is 0 Å². The van der Waals surface area contributed by atoms with Crippen LogP contribution < -0.4 is 4.74 Å². The molecule has 1 aromatic heterocycles. The van der Waals surface area contributed by atoms with Gasteiger partial charge in [-0.05, 0) is 57.0 Å². The number of hydrogen-bond acceptors (Lipinski definition) is 3. The lowest BCUT2D eigenvalue weighted by molar-refractivity contribution is 0.0972. The predicted octanol–water partition coefficient (Wildman–Crippen LogP) is 3.61. The number of nitrogens with zero attached hydrogens (tertiary/aromatic N) is 2. The highest BCUT2D eigenvalue weighted by Gasteiger charge is 2.21. The van der Waals surface area contributed by atoms with Gasteiger partial charge in [-0.15, -0.1) is 0 Å². The maximum atomic E-state index is 14.4. The van der Waals surface area contributed by atoms with E-state index in [-0.39, 0.29) is 11.6 Å². The third kappa shape index (κ3) is 3.33. The van der Waals surface area contributed by atoms with Crippen molar-refractivity contribution in [2.24, 2.45) is 0 Å². The fourth-order valence-corrected chi connectivity index (χ4v) is 3.81. The molecule has 1 aliphatic heterocycles. The highest BCUT2D eigenvalue weighted by Crippen LogP contribution is 2.27. The Hall–Kier alpha value is -2.14. The van der Waals surface area contributed by atoms with Crippen LogP contribution in [0.25, 0.3) is 5.69 Å². The lowest BCUT2D eigenvalue weighted by Crippen LogP contribution is -2.25. The van der Waals surface area contributed by atoms with E-state index in [0.717, 1.165) is 49.4 Å². The first-order chi connectivity index (χ1) is 12.2. The first kappa shape index (κ1) is 16.3. The molecule has 0 N–H and O–H groups in total. The van der Waals surface area contributed by atoms with Crippen LogP contribution in [-0.2, 0) is 6.42 Å². The van der Waals surface area contributed by atoms with E-state index in [9.17, 15) is 9.18 Å². The topological polar surface area (TPSA) is 34.5 Å². The normalized spacial score (nSPS) is 17.7. The average molecular weight is 342 g/mol. The summed E-state index contributed by atoms with van der Waals surface area (Å²) in [7, 11) is 0. The van der Waals surface area contributed by atoms with E-state index in [0.29, 0.717) is 18.8 Å². The Labute approximate surface area is 147 Å². The lowest BCUT2D eigenvalue weighted by Gasteiger charge is -2.17. The first-order valence-electron chi connectivity index (χ1n) is 9.11. The van der Waals surface area contributed by atoms with Gasteiger partial charge < -0.3 is 9.30 Å². The number of Topliss-reactive ketones (excluding diaryl/α,β-unsaturated/α-hetero) is 1. The van der Waals surface area contributed by atoms with Crippen LogP contribution in [0.15, 0.2) is 30.5 Å². The van der Waals surface area contributed by atoms with Crippen LogP contribution in [0.2, 0.25) is 0 Å². The second kappa shape index (κ2) is 7.00. The number of benzene rings is 1. The number of carbonyl (C=O) groups is 1. The number of ketones is 1. The number of rotatable bonds is 5. The summed E-state index contributed by atoms with van der Waals surface area (Å²) in [6.07, 6.45) is 6.66. The van der Waals surface area contributed by atoms with Gasteiger partial charge in [0.05, 0.1) is 0 Å². The zero-order valence-electron chi connectivity index (χ0n) is 14.3. The SMILES string of the molecule is O=C1CCCc2c1ccn2-c1ccc(OCCN2CCCC2)c(F)c1. The molecular weight excluding hydrogens is 319 g/mol. The Balaban J connectivity index is 1.47. The standard InChI is InChI=1S/C20H23FN2O2/c21-17-14-15(23-11-8-16-18(23)4-3-5-19(16)24)6-7-20(17)25-13-12-22-9-1-2-10-22/h6-8,11,14H,1-5,9-10,12-13H2. The summed E-state index contributed by atoms with van der Waals surface area (Å²) >= 11 is 0. The van der Waals surface area contributed by atoms with Crippen molar-refractivity contribution in [2.45, 2.75) is 32.1 Å². The van der Waals surface area contributed by atoms with E-state index in [1.54, 1.807) is 6.07 Å². The molecule has 1 fully saturated rings. The smallest absolute Gasteiger partial charge is 0.167 e. The van der Waals surface area contributed by atoms with E-state index in [1.807, 2.05) is 22.9 Å². The molecule has 2 heterocycles. The van der Waals surface area contributed by atoms with Crippen molar-refractivity contribution in [2.75, 3.05) is 26.2 Å². The Morgan fingerprint density at radius 1 is 1.08 bits per heavy atom. The van der Waals surface area contributed by atoms with Crippen molar-refractivity contribution < 1.29 is 13.9 Å². The third-order valence-electron chi connectivity index (χ3n) is 5.17. The molecule has 25 heavy (non-hydrogen) atoms. The van der Waals surface area contributed by atoms with Gasteiger partial charge in [-0.25, -0.2) is 4.39 Å². The van der Waals surface area contributed by atoms with Gasteiger partial charge in [0.25, 0.3) is 0 Å². The molecule has 4 nitrogen and oxygen atoms in total. The number of ether oxygens (including phenoxy) is 1. The Morgan fingerprint density at radius 3 is 2.72 bits per heavy atom. The van der Waals surface area contributed by atoms with Crippen LogP contribution in [0.4, 0.5) is 4.39 Å². The van der Waals surface area contributed by atoms with Gasteiger partial charge in [-0.1, -0.05) is 0 Å². The number of hydrogen-bond donors (Lipinski definition) is 0. The van der Waals surface area contributed by atoms with Crippen molar-refractivity contribution in [1.29, 1.82) is 0 Å². The summed E-state index contributed by atoms with van der Waals surface area (Å²) in [5.74, 6) is 0.117. The quantitative estimate of drug-likeness (QED) is 0.832. The summed E-state index contributed by atoms with van der Waals surface area (Å²) in [6, 6.07) is 6.87. The molecular formula is C20H23FN2O2. The van der Waals surface area contributed by atoms with Crippen LogP contribution in [0.1, 0.15) is 41.7 Å². The minimum Gasteiger partial charge on any atom is -0.489 e. The number of fused-ring (bicyclic) bond motifs is 1. The summed E-state index contributed by atoms with van der Waals surface area (Å²) < 4.78 is 22.0. The summed E-state index contributed by atoms with van der Waals surface area (Å²) in [6.45, 7) is 3.57. The number of carbonyl (C=O) groups excluding carboxylic acids is 1. The summed E-state index contributed by atoms with van der Waals surface area (Å²) in [4.78, 5) is 14.3. The second-order valence-corrected chi connectivity index (χ2v) is 6.83. The van der Waals surface area contributed by atoms with E-state index < -0.39 is 0 Å². The minimum absolute atomic E-state index is 0.183. The molecule has 1 aliphatic carbocycles. The molecule has 1 aromatic carbocycles. The zero-order valence-corrected chi connectivity index (χ0v) is 14.3. The zero-order chi connectivity index (χ0) is 17.2. The van der Waals surface area contributed by atoms with Gasteiger partial charge in [0.1, 0.15) is 6.61 Å². The van der Waals surface area contributed by atoms with E-state index in [4.69, 9.17) is 4.74 Å². The molecule has 0 saturated carbocycles. The lowest BCUT2D eigenvalue weighted by atomic mass is 9.97. The van der Waals surface area contributed by atoms with E-state index in [1.165, 1.54) is 18.9 Å². The van der Waals surface area contributed by atoms with E-state index in [2.05, 4.69) is 4.90 Å². The largest absolute Gasteiger partial charge is 0.489 e. The molecule has 0 spiro atoms. The highest BCUT2D eigenvalue weighted by atomic mass is 19.1. The molecule has 5 heteroatoms. The van der Waals surface area contributed by atoms with Gasteiger partial charge in [0, 0.05) is 42.2 Å². The fourth-order valence-electron chi connectivity index (χ4n) is 3.81. The number of likely N-dealkylation sites (tertiary alicyclic amines) is 1. The fraction of sp³-hybridized carbons (Fsp3) is 0.450. The molecule has 4 rings (SSSR count). The van der Waals surface area contributed by atoms with E-state index >= 15 is 0 Å². The molecule has 0 bridgehead atoms. The van der Waals surface area contributed by atoms with Gasteiger partial charge in [0.15, 0.2) is 17.3 Å². The predicted molar refractivity (Wildman–Crippen MR) is 94.2 cm³/mol. The maximum Gasteiger partial charge on any atom is 0.167 e. The summed E-state index contributed by atoms with van der Waals surface area (Å²) in [5, 5.41) is 0. The molecule has 0 amide bonds. The minimum atomic E-state index is -0.358. The van der Waals surface area contributed by atoms with Crippen molar-refractivity contribution in [3.8, 4) is 11.4 Å². The van der Waals surface area contributed by atoms with Gasteiger partial charge >= 0.3 is 0 Å². The van der Waals surface area contributed by atoms with Crippen molar-refractivity contribution in [3.05, 3.63) is 47.5 Å². The first-order valence-corrected chi connectivity index (χ1v) is 9.11. The van der Waals surface area contributed by atoms with Crippen molar-refractivity contribution in [3.63, 3.8) is 0 Å². The van der Waals surface area contributed by atoms with Crippen LogP contribution >= 0.6 is 0 Å². The van der Waals surface area contributed by atoms with Crippen molar-refractivity contribution in [1.82, 2.24) is 9.47 Å². The molecule has 132 valence electrons. The Kier molecular flexibility index (Phi) is 4.57. The summed E-state index contributed by atoms with van der Waals surface area (Å²) in [5.41, 5.74) is 2.50. The second-order valence-electron chi connectivity index (χ2n) is 6.83.